The van der Waals surface area contributed by atoms with Crippen molar-refractivity contribution >= 4 is 0 Å². The van der Waals surface area contributed by atoms with Crippen molar-refractivity contribution in [3.63, 3.8) is 0 Å². The monoisotopic (exact) mass is 194 g/mol. The number of rotatable bonds is 5. The second kappa shape index (κ2) is 5.62. The minimum absolute atomic E-state index is 0.907. The van der Waals surface area contributed by atoms with Gasteiger partial charge in [-0.3, -0.25) is 10.9 Å². The highest BCUT2D eigenvalue weighted by Crippen LogP contribution is 2.12. The largest absolute Gasteiger partial charge is 0.497 e. The highest BCUT2D eigenvalue weighted by Gasteiger charge is 1.95. The van der Waals surface area contributed by atoms with Gasteiger partial charge >= 0.3 is 0 Å². The van der Waals surface area contributed by atoms with Gasteiger partial charge in [0.1, 0.15) is 5.75 Å². The molecule has 14 heavy (non-hydrogen) atoms. The first-order valence-electron chi connectivity index (χ1n) is 4.81. The van der Waals surface area contributed by atoms with E-state index in [9.17, 15) is 0 Å². The Kier molecular flexibility index (Phi) is 4.43. The van der Waals surface area contributed by atoms with Crippen LogP contribution in [0.25, 0.3) is 0 Å². The molecule has 0 spiro atoms. The average molecular weight is 194 g/mol. The summed E-state index contributed by atoms with van der Waals surface area (Å²) < 4.78 is 5.08. The number of aryl methyl sites for hydroxylation is 1. The maximum atomic E-state index is 5.52. The number of ether oxygens (including phenoxy) is 1. The second-order valence-corrected chi connectivity index (χ2v) is 3.43. The predicted octanol–water partition coefficient (Wildman–Crippen LogP) is 1.43. The van der Waals surface area contributed by atoms with E-state index in [4.69, 9.17) is 10.6 Å². The molecule has 0 fully saturated rings. The van der Waals surface area contributed by atoms with Crippen molar-refractivity contribution in [2.75, 3.05) is 20.7 Å². The molecular formula is C11H18N2O. The summed E-state index contributed by atoms with van der Waals surface area (Å²) in [5.41, 5.74) is 1.33. The molecule has 0 bridgehead atoms. The van der Waals surface area contributed by atoms with Gasteiger partial charge in [-0.05, 0) is 30.5 Å². The zero-order chi connectivity index (χ0) is 10.4. The van der Waals surface area contributed by atoms with Crippen molar-refractivity contribution in [3.8, 4) is 5.75 Å². The van der Waals surface area contributed by atoms with Crippen LogP contribution in [0.1, 0.15) is 12.0 Å². The molecule has 1 rings (SSSR count). The first-order chi connectivity index (χ1) is 6.72. The van der Waals surface area contributed by atoms with Crippen molar-refractivity contribution in [2.24, 2.45) is 5.84 Å². The second-order valence-electron chi connectivity index (χ2n) is 3.43. The lowest BCUT2D eigenvalue weighted by Crippen LogP contribution is -2.27. The molecule has 1 aromatic rings. The number of hydrogen-bond donors (Lipinski definition) is 1. The molecule has 0 aliphatic heterocycles. The van der Waals surface area contributed by atoms with Gasteiger partial charge in [-0.15, -0.1) is 0 Å². The Bertz CT molecular complexity index is 256. The van der Waals surface area contributed by atoms with E-state index in [2.05, 4.69) is 12.1 Å². The van der Waals surface area contributed by atoms with E-state index in [0.717, 1.165) is 25.1 Å². The maximum Gasteiger partial charge on any atom is 0.118 e. The minimum Gasteiger partial charge on any atom is -0.497 e. The lowest BCUT2D eigenvalue weighted by molar-refractivity contribution is 0.343. The van der Waals surface area contributed by atoms with E-state index in [1.54, 1.807) is 12.1 Å². The molecule has 0 aromatic heterocycles. The van der Waals surface area contributed by atoms with E-state index in [0.29, 0.717) is 0 Å². The summed E-state index contributed by atoms with van der Waals surface area (Å²) in [6.07, 6.45) is 2.14. The first-order valence-corrected chi connectivity index (χ1v) is 4.81. The fraction of sp³-hybridized carbons (Fsp3) is 0.455. The summed E-state index contributed by atoms with van der Waals surface area (Å²) in [6, 6.07) is 8.16. The SMILES string of the molecule is COc1ccc(CCCN(C)N)cc1. The molecule has 0 atom stereocenters. The number of nitrogens with two attached hydrogens (primary N) is 1. The van der Waals surface area contributed by atoms with Crippen LogP contribution in [-0.4, -0.2) is 25.7 Å². The molecule has 3 heteroatoms. The van der Waals surface area contributed by atoms with Crippen molar-refractivity contribution in [2.45, 2.75) is 12.8 Å². The topological polar surface area (TPSA) is 38.5 Å². The van der Waals surface area contributed by atoms with Gasteiger partial charge in [-0.1, -0.05) is 12.1 Å². The summed E-state index contributed by atoms with van der Waals surface area (Å²) in [5.74, 6) is 6.42. The Balaban J connectivity index is 2.36. The Hall–Kier alpha value is -1.06. The van der Waals surface area contributed by atoms with E-state index in [-0.39, 0.29) is 0 Å². The molecule has 0 radical (unpaired) electrons. The standard InChI is InChI=1S/C11H18N2O/c1-13(12)9-3-4-10-5-7-11(14-2)8-6-10/h5-8H,3-4,9,12H2,1-2H3. The predicted molar refractivity (Wildman–Crippen MR) is 58.1 cm³/mol. The zero-order valence-electron chi connectivity index (χ0n) is 8.86. The Labute approximate surface area is 85.4 Å². The van der Waals surface area contributed by atoms with E-state index >= 15 is 0 Å². The van der Waals surface area contributed by atoms with Gasteiger partial charge in [-0.2, -0.15) is 0 Å². The normalized spacial score (nSPS) is 10.6. The van der Waals surface area contributed by atoms with Crippen molar-refractivity contribution in [1.82, 2.24) is 5.01 Å². The molecule has 0 heterocycles. The number of hydrogen-bond acceptors (Lipinski definition) is 3. The van der Waals surface area contributed by atoms with Crippen LogP contribution < -0.4 is 10.6 Å². The van der Waals surface area contributed by atoms with E-state index in [1.807, 2.05) is 19.2 Å². The maximum absolute atomic E-state index is 5.52. The molecule has 0 saturated heterocycles. The summed E-state index contributed by atoms with van der Waals surface area (Å²) in [5, 5.41) is 1.71. The molecule has 0 aliphatic rings. The lowest BCUT2D eigenvalue weighted by atomic mass is 10.1. The van der Waals surface area contributed by atoms with Crippen molar-refractivity contribution < 1.29 is 4.74 Å². The fourth-order valence-electron chi connectivity index (χ4n) is 1.32. The highest BCUT2D eigenvalue weighted by molar-refractivity contribution is 5.27. The molecule has 2 N–H and O–H groups in total. The molecule has 0 unspecified atom stereocenters. The quantitative estimate of drug-likeness (QED) is 0.569. The number of hydrazine groups is 1. The van der Waals surface area contributed by atoms with Gasteiger partial charge in [0.15, 0.2) is 0 Å². The molecular weight excluding hydrogens is 176 g/mol. The zero-order valence-corrected chi connectivity index (χ0v) is 8.86. The summed E-state index contributed by atoms with van der Waals surface area (Å²) in [6.45, 7) is 0.923. The van der Waals surface area contributed by atoms with Gasteiger partial charge in [0.2, 0.25) is 0 Å². The Morgan fingerprint density at radius 3 is 2.43 bits per heavy atom. The minimum atomic E-state index is 0.907. The van der Waals surface area contributed by atoms with Gasteiger partial charge in [-0.25, -0.2) is 0 Å². The molecule has 1 aromatic carbocycles. The number of methoxy groups -OCH3 is 1. The number of nitrogens with zero attached hydrogens (tertiary/aromatic N) is 1. The average Bonchev–Trinajstić information content (AvgIpc) is 2.18. The Morgan fingerprint density at radius 1 is 1.29 bits per heavy atom. The molecule has 0 saturated carbocycles. The smallest absolute Gasteiger partial charge is 0.118 e. The third-order valence-electron chi connectivity index (χ3n) is 2.14. The third kappa shape index (κ3) is 3.77. The van der Waals surface area contributed by atoms with Gasteiger partial charge < -0.3 is 4.74 Å². The van der Waals surface area contributed by atoms with Crippen LogP contribution in [0.5, 0.6) is 5.75 Å². The molecule has 0 amide bonds. The van der Waals surface area contributed by atoms with Crippen LogP contribution >= 0.6 is 0 Å². The summed E-state index contributed by atoms with van der Waals surface area (Å²) in [7, 11) is 3.56. The number of benzene rings is 1. The summed E-state index contributed by atoms with van der Waals surface area (Å²) in [4.78, 5) is 0. The van der Waals surface area contributed by atoms with Crippen LogP contribution in [0.2, 0.25) is 0 Å². The van der Waals surface area contributed by atoms with Crippen LogP contribution in [0, 0.1) is 0 Å². The van der Waals surface area contributed by atoms with Crippen LogP contribution in [0.15, 0.2) is 24.3 Å². The van der Waals surface area contributed by atoms with Gasteiger partial charge in [0.25, 0.3) is 0 Å². The fourth-order valence-corrected chi connectivity index (χ4v) is 1.32. The third-order valence-corrected chi connectivity index (χ3v) is 2.14. The van der Waals surface area contributed by atoms with Crippen molar-refractivity contribution in [1.29, 1.82) is 0 Å². The lowest BCUT2D eigenvalue weighted by Gasteiger charge is -2.08. The summed E-state index contributed by atoms with van der Waals surface area (Å²) >= 11 is 0. The first kappa shape index (κ1) is 11.0. The van der Waals surface area contributed by atoms with Crippen LogP contribution in [-0.2, 0) is 6.42 Å². The van der Waals surface area contributed by atoms with Crippen LogP contribution in [0.4, 0.5) is 0 Å². The van der Waals surface area contributed by atoms with E-state index < -0.39 is 0 Å². The highest BCUT2D eigenvalue weighted by atomic mass is 16.5. The molecule has 78 valence electrons. The Morgan fingerprint density at radius 2 is 1.93 bits per heavy atom. The van der Waals surface area contributed by atoms with Crippen molar-refractivity contribution in [3.05, 3.63) is 29.8 Å². The molecule has 3 nitrogen and oxygen atoms in total. The van der Waals surface area contributed by atoms with E-state index in [1.165, 1.54) is 5.56 Å². The van der Waals surface area contributed by atoms with Gasteiger partial charge in [0, 0.05) is 13.6 Å². The van der Waals surface area contributed by atoms with Gasteiger partial charge in [0.05, 0.1) is 7.11 Å². The molecule has 0 aliphatic carbocycles. The van der Waals surface area contributed by atoms with Crippen LogP contribution in [0.3, 0.4) is 0 Å².